The van der Waals surface area contributed by atoms with Crippen molar-refractivity contribution in [3.63, 3.8) is 0 Å². The number of aryl methyl sites for hydroxylation is 1. The first-order valence-corrected chi connectivity index (χ1v) is 6.36. The van der Waals surface area contributed by atoms with Crippen molar-refractivity contribution in [1.29, 1.82) is 0 Å². The van der Waals surface area contributed by atoms with E-state index in [1.54, 1.807) is 0 Å². The predicted octanol–water partition coefficient (Wildman–Crippen LogP) is 3.56. The van der Waals surface area contributed by atoms with Gasteiger partial charge in [0, 0.05) is 6.54 Å². The second kappa shape index (κ2) is 6.05. The van der Waals surface area contributed by atoms with Gasteiger partial charge in [0.05, 0.1) is 0 Å². The van der Waals surface area contributed by atoms with Crippen molar-refractivity contribution >= 4 is 0 Å². The van der Waals surface area contributed by atoms with E-state index in [-0.39, 0.29) is 0 Å². The van der Waals surface area contributed by atoms with Crippen LogP contribution in [0.3, 0.4) is 0 Å². The van der Waals surface area contributed by atoms with Gasteiger partial charge in [0.25, 0.3) is 0 Å². The Balaban J connectivity index is 2.72. The monoisotopic (exact) mass is 219 g/mol. The van der Waals surface area contributed by atoms with E-state index in [0.717, 1.165) is 13.1 Å². The first-order chi connectivity index (χ1) is 7.61. The van der Waals surface area contributed by atoms with Crippen molar-refractivity contribution in [2.45, 2.75) is 40.5 Å². The van der Waals surface area contributed by atoms with Gasteiger partial charge in [-0.05, 0) is 42.9 Å². The Morgan fingerprint density at radius 1 is 1.19 bits per heavy atom. The molecule has 0 spiro atoms. The fourth-order valence-electron chi connectivity index (χ4n) is 2.01. The molecule has 1 heteroatoms. The summed E-state index contributed by atoms with van der Waals surface area (Å²) in [7, 11) is 0. The highest BCUT2D eigenvalue weighted by Gasteiger charge is 2.22. The van der Waals surface area contributed by atoms with Crippen LogP contribution < -0.4 is 5.32 Å². The maximum absolute atomic E-state index is 3.48. The van der Waals surface area contributed by atoms with Crippen LogP contribution in [0.4, 0.5) is 0 Å². The van der Waals surface area contributed by atoms with Gasteiger partial charge in [-0.15, -0.1) is 0 Å². The molecule has 0 aromatic heterocycles. The van der Waals surface area contributed by atoms with Crippen molar-refractivity contribution in [3.05, 3.63) is 35.4 Å². The van der Waals surface area contributed by atoms with Gasteiger partial charge < -0.3 is 5.32 Å². The zero-order valence-corrected chi connectivity index (χ0v) is 11.1. The molecule has 0 radical (unpaired) electrons. The number of rotatable bonds is 6. The molecule has 90 valence electrons. The van der Waals surface area contributed by atoms with Gasteiger partial charge in [0.15, 0.2) is 0 Å². The molecule has 1 N–H and O–H groups in total. The summed E-state index contributed by atoms with van der Waals surface area (Å²) in [4.78, 5) is 0. The fraction of sp³-hybridized carbons (Fsp3) is 0.600. The zero-order chi connectivity index (χ0) is 12.0. The molecule has 0 heterocycles. The van der Waals surface area contributed by atoms with Gasteiger partial charge >= 0.3 is 0 Å². The summed E-state index contributed by atoms with van der Waals surface area (Å²) in [6, 6.07) is 8.73. The SMILES string of the molecule is CCNCC(C)(CC)Cc1ccccc1C. The van der Waals surface area contributed by atoms with Crippen molar-refractivity contribution in [2.75, 3.05) is 13.1 Å². The second-order valence-electron chi connectivity index (χ2n) is 5.05. The van der Waals surface area contributed by atoms with Crippen molar-refractivity contribution in [3.8, 4) is 0 Å². The minimum absolute atomic E-state index is 0.377. The van der Waals surface area contributed by atoms with E-state index in [9.17, 15) is 0 Å². The molecule has 0 saturated carbocycles. The first-order valence-electron chi connectivity index (χ1n) is 6.36. The molecule has 0 saturated heterocycles. The molecule has 0 fully saturated rings. The Kier molecular flexibility index (Phi) is 5.01. The molecular formula is C15H25N. The zero-order valence-electron chi connectivity index (χ0n) is 11.1. The van der Waals surface area contributed by atoms with E-state index >= 15 is 0 Å². The van der Waals surface area contributed by atoms with Gasteiger partial charge in [-0.2, -0.15) is 0 Å². The van der Waals surface area contributed by atoms with E-state index in [1.807, 2.05) is 0 Å². The highest BCUT2D eigenvalue weighted by Crippen LogP contribution is 2.27. The van der Waals surface area contributed by atoms with Crippen molar-refractivity contribution in [2.24, 2.45) is 5.41 Å². The molecule has 1 nitrogen and oxygen atoms in total. The van der Waals surface area contributed by atoms with Gasteiger partial charge in [-0.3, -0.25) is 0 Å². The average Bonchev–Trinajstić information content (AvgIpc) is 2.30. The third kappa shape index (κ3) is 3.64. The lowest BCUT2D eigenvalue weighted by Crippen LogP contribution is -2.33. The van der Waals surface area contributed by atoms with Crippen molar-refractivity contribution < 1.29 is 0 Å². The molecular weight excluding hydrogens is 194 g/mol. The summed E-state index contributed by atoms with van der Waals surface area (Å²) in [6.07, 6.45) is 2.39. The van der Waals surface area contributed by atoms with Gasteiger partial charge in [0.1, 0.15) is 0 Å². The van der Waals surface area contributed by atoms with Crippen LogP contribution in [-0.2, 0) is 6.42 Å². The third-order valence-electron chi connectivity index (χ3n) is 3.53. The molecule has 1 rings (SSSR count). The lowest BCUT2D eigenvalue weighted by Gasteiger charge is -2.29. The van der Waals surface area contributed by atoms with E-state index in [1.165, 1.54) is 24.0 Å². The van der Waals surface area contributed by atoms with Gasteiger partial charge in [-0.1, -0.05) is 45.0 Å². The van der Waals surface area contributed by atoms with Crippen LogP contribution in [0.2, 0.25) is 0 Å². The van der Waals surface area contributed by atoms with Gasteiger partial charge in [-0.25, -0.2) is 0 Å². The fourth-order valence-corrected chi connectivity index (χ4v) is 2.01. The number of benzene rings is 1. The summed E-state index contributed by atoms with van der Waals surface area (Å²) < 4.78 is 0. The minimum Gasteiger partial charge on any atom is -0.316 e. The second-order valence-corrected chi connectivity index (χ2v) is 5.05. The van der Waals surface area contributed by atoms with E-state index in [4.69, 9.17) is 0 Å². The lowest BCUT2D eigenvalue weighted by atomic mass is 9.80. The highest BCUT2D eigenvalue weighted by molar-refractivity contribution is 5.26. The Morgan fingerprint density at radius 2 is 1.88 bits per heavy atom. The predicted molar refractivity (Wildman–Crippen MR) is 71.8 cm³/mol. The molecule has 0 bridgehead atoms. The largest absolute Gasteiger partial charge is 0.316 e. The Bertz CT molecular complexity index is 319. The summed E-state index contributed by atoms with van der Waals surface area (Å²) in [6.45, 7) is 11.2. The maximum Gasteiger partial charge on any atom is 0.000813 e. The topological polar surface area (TPSA) is 12.0 Å². The molecule has 0 aliphatic carbocycles. The van der Waals surface area contributed by atoms with Crippen LogP contribution in [0, 0.1) is 12.3 Å². The molecule has 0 aliphatic heterocycles. The Morgan fingerprint density at radius 3 is 2.44 bits per heavy atom. The van der Waals surface area contributed by atoms with Gasteiger partial charge in [0.2, 0.25) is 0 Å². The number of nitrogens with one attached hydrogen (secondary N) is 1. The molecule has 1 aromatic rings. The van der Waals surface area contributed by atoms with Crippen LogP contribution in [0.25, 0.3) is 0 Å². The van der Waals surface area contributed by atoms with Crippen LogP contribution in [-0.4, -0.2) is 13.1 Å². The van der Waals surface area contributed by atoms with E-state index in [0.29, 0.717) is 5.41 Å². The van der Waals surface area contributed by atoms with Crippen molar-refractivity contribution in [1.82, 2.24) is 5.32 Å². The summed E-state index contributed by atoms with van der Waals surface area (Å²) >= 11 is 0. The Hall–Kier alpha value is -0.820. The molecule has 1 atom stereocenters. The smallest absolute Gasteiger partial charge is 0.000813 e. The maximum atomic E-state index is 3.48. The first kappa shape index (κ1) is 13.2. The van der Waals surface area contributed by atoms with E-state index < -0.39 is 0 Å². The average molecular weight is 219 g/mol. The molecule has 1 unspecified atom stereocenters. The standard InChI is InChI=1S/C15H25N/c1-5-15(4,12-16-6-2)11-14-10-8-7-9-13(14)3/h7-10,16H,5-6,11-12H2,1-4H3. The molecule has 0 aliphatic rings. The quantitative estimate of drug-likeness (QED) is 0.771. The third-order valence-corrected chi connectivity index (χ3v) is 3.53. The minimum atomic E-state index is 0.377. The molecule has 1 aromatic carbocycles. The van der Waals surface area contributed by atoms with E-state index in [2.05, 4.69) is 57.3 Å². The highest BCUT2D eigenvalue weighted by atomic mass is 14.9. The molecule has 16 heavy (non-hydrogen) atoms. The number of hydrogen-bond donors (Lipinski definition) is 1. The normalized spacial score (nSPS) is 14.8. The summed E-state index contributed by atoms with van der Waals surface area (Å²) in [5.41, 5.74) is 3.28. The summed E-state index contributed by atoms with van der Waals surface area (Å²) in [5.74, 6) is 0. The van der Waals surface area contributed by atoms with Crippen LogP contribution >= 0.6 is 0 Å². The lowest BCUT2D eigenvalue weighted by molar-refractivity contribution is 0.292. The molecule has 0 amide bonds. The van der Waals surface area contributed by atoms with Crippen LogP contribution in [0.15, 0.2) is 24.3 Å². The van der Waals surface area contributed by atoms with Crippen LogP contribution in [0.1, 0.15) is 38.3 Å². The van der Waals surface area contributed by atoms with Crippen LogP contribution in [0.5, 0.6) is 0 Å². The summed E-state index contributed by atoms with van der Waals surface area (Å²) in [5, 5.41) is 3.48. The number of hydrogen-bond acceptors (Lipinski definition) is 1. The Labute approximate surface area is 100 Å².